The van der Waals surface area contributed by atoms with Crippen molar-refractivity contribution < 1.29 is 9.18 Å². The van der Waals surface area contributed by atoms with Gasteiger partial charge < -0.3 is 16.0 Å². The molecule has 1 aliphatic heterocycles. The number of rotatable bonds is 6. The Morgan fingerprint density at radius 2 is 1.93 bits per heavy atom. The molecule has 0 unspecified atom stereocenters. The second-order valence-electron chi connectivity index (χ2n) is 6.39. The van der Waals surface area contributed by atoms with Crippen LogP contribution in [0, 0.1) is 5.82 Å². The van der Waals surface area contributed by atoms with Gasteiger partial charge in [-0.2, -0.15) is 0 Å². The summed E-state index contributed by atoms with van der Waals surface area (Å²) in [6, 6.07) is 18.0. The van der Waals surface area contributed by atoms with E-state index in [1.807, 2.05) is 42.5 Å². The van der Waals surface area contributed by atoms with E-state index in [1.165, 1.54) is 6.07 Å². The van der Waals surface area contributed by atoms with Crippen molar-refractivity contribution in [1.29, 1.82) is 0 Å². The molecule has 0 bridgehead atoms. The Kier molecular flexibility index (Phi) is 5.01. The summed E-state index contributed by atoms with van der Waals surface area (Å²) in [7, 11) is 0. The van der Waals surface area contributed by atoms with Gasteiger partial charge in [-0.25, -0.2) is 4.39 Å². The maximum atomic E-state index is 14.4. The molecule has 140 valence electrons. The fourth-order valence-electron chi connectivity index (χ4n) is 3.06. The Morgan fingerprint density at radius 1 is 1.07 bits per heavy atom. The average molecular weight is 374 g/mol. The Morgan fingerprint density at radius 3 is 2.75 bits per heavy atom. The summed E-state index contributed by atoms with van der Waals surface area (Å²) in [6.07, 6.45) is 4.05. The summed E-state index contributed by atoms with van der Waals surface area (Å²) in [4.78, 5) is 16.3. The number of nitrogens with zero attached hydrogens (tertiary/aromatic N) is 1. The molecule has 4 rings (SSSR count). The number of aromatic nitrogens is 1. The van der Waals surface area contributed by atoms with E-state index in [0.29, 0.717) is 29.9 Å². The third-order valence-corrected chi connectivity index (χ3v) is 4.49. The normalized spacial score (nSPS) is 13.9. The minimum absolute atomic E-state index is 0.179. The number of hydrogen-bond donors (Lipinski definition) is 3. The number of anilines is 3. The van der Waals surface area contributed by atoms with Crippen LogP contribution in [0.25, 0.3) is 5.57 Å². The van der Waals surface area contributed by atoms with E-state index in [-0.39, 0.29) is 11.7 Å². The lowest BCUT2D eigenvalue weighted by molar-refractivity contribution is -0.110. The molecule has 0 saturated carbocycles. The number of carbonyl (C=O) groups is 1. The van der Waals surface area contributed by atoms with Gasteiger partial charge in [-0.05, 0) is 36.4 Å². The highest BCUT2D eigenvalue weighted by molar-refractivity contribution is 6.31. The van der Waals surface area contributed by atoms with Gasteiger partial charge in [-0.3, -0.25) is 9.78 Å². The molecule has 5 nitrogen and oxygen atoms in total. The van der Waals surface area contributed by atoms with E-state index >= 15 is 0 Å². The molecule has 1 aromatic heterocycles. The highest BCUT2D eigenvalue weighted by atomic mass is 19.1. The van der Waals surface area contributed by atoms with Crippen molar-refractivity contribution in [3.8, 4) is 0 Å². The lowest BCUT2D eigenvalue weighted by Gasteiger charge is -2.09. The molecule has 0 aliphatic carbocycles. The van der Waals surface area contributed by atoms with E-state index in [4.69, 9.17) is 0 Å². The van der Waals surface area contributed by atoms with Crippen LogP contribution < -0.4 is 16.0 Å². The number of pyridine rings is 1. The van der Waals surface area contributed by atoms with Crippen molar-refractivity contribution >= 4 is 28.5 Å². The van der Waals surface area contributed by atoms with Gasteiger partial charge in [-0.1, -0.05) is 24.3 Å². The van der Waals surface area contributed by atoms with Crippen LogP contribution in [0.15, 0.2) is 73.1 Å². The van der Waals surface area contributed by atoms with Crippen molar-refractivity contribution in [3.05, 3.63) is 90.1 Å². The van der Waals surface area contributed by atoms with Crippen LogP contribution in [0.1, 0.15) is 11.3 Å². The third kappa shape index (κ3) is 3.86. The van der Waals surface area contributed by atoms with Gasteiger partial charge in [0.15, 0.2) is 0 Å². The molecular formula is C22H19FN4O. The molecule has 0 atom stereocenters. The standard InChI is InChI=1S/C22H19FN4O/c23-19-13-16(8-9-21(19)25-12-10-15-5-3-4-11-24-15)26-14-18-17-6-1-2-7-20(17)27-22(18)28/h1-9,11,13-14,25-26H,10,12H2,(H,27,28). The zero-order chi connectivity index (χ0) is 19.3. The summed E-state index contributed by atoms with van der Waals surface area (Å²) >= 11 is 0. The van der Waals surface area contributed by atoms with E-state index in [9.17, 15) is 9.18 Å². The molecule has 0 fully saturated rings. The highest BCUT2D eigenvalue weighted by Crippen LogP contribution is 2.31. The van der Waals surface area contributed by atoms with Gasteiger partial charge >= 0.3 is 0 Å². The molecule has 28 heavy (non-hydrogen) atoms. The largest absolute Gasteiger partial charge is 0.382 e. The predicted molar refractivity (Wildman–Crippen MR) is 110 cm³/mol. The number of benzene rings is 2. The SMILES string of the molecule is O=C1Nc2ccccc2C1=CNc1ccc(NCCc2ccccn2)c(F)c1. The number of halogens is 1. The lowest BCUT2D eigenvalue weighted by atomic mass is 10.1. The second-order valence-corrected chi connectivity index (χ2v) is 6.39. The molecule has 2 heterocycles. The number of hydrogen-bond acceptors (Lipinski definition) is 4. The monoisotopic (exact) mass is 374 g/mol. The average Bonchev–Trinajstić information content (AvgIpc) is 3.04. The van der Waals surface area contributed by atoms with E-state index < -0.39 is 0 Å². The van der Waals surface area contributed by atoms with Crippen molar-refractivity contribution in [2.24, 2.45) is 0 Å². The van der Waals surface area contributed by atoms with E-state index in [1.54, 1.807) is 24.5 Å². The number of amides is 1. The highest BCUT2D eigenvalue weighted by Gasteiger charge is 2.23. The minimum Gasteiger partial charge on any atom is -0.382 e. The van der Waals surface area contributed by atoms with Crippen molar-refractivity contribution in [2.75, 3.05) is 22.5 Å². The summed E-state index contributed by atoms with van der Waals surface area (Å²) in [6.45, 7) is 0.585. The molecule has 1 amide bonds. The molecular weight excluding hydrogens is 355 g/mol. The molecule has 3 N–H and O–H groups in total. The van der Waals surface area contributed by atoms with Gasteiger partial charge in [0.25, 0.3) is 5.91 Å². The maximum Gasteiger partial charge on any atom is 0.257 e. The Hall–Kier alpha value is -3.67. The van der Waals surface area contributed by atoms with Crippen LogP contribution >= 0.6 is 0 Å². The zero-order valence-corrected chi connectivity index (χ0v) is 15.1. The smallest absolute Gasteiger partial charge is 0.257 e. The topological polar surface area (TPSA) is 66.1 Å². The Labute approximate surface area is 162 Å². The van der Waals surface area contributed by atoms with Crippen LogP contribution in [-0.2, 0) is 11.2 Å². The second kappa shape index (κ2) is 7.92. The first-order chi connectivity index (χ1) is 13.7. The molecule has 0 spiro atoms. The number of fused-ring (bicyclic) bond motifs is 1. The number of para-hydroxylation sites is 1. The van der Waals surface area contributed by atoms with Crippen LogP contribution in [0.2, 0.25) is 0 Å². The maximum absolute atomic E-state index is 14.4. The predicted octanol–water partition coefficient (Wildman–Crippen LogP) is 4.28. The quantitative estimate of drug-likeness (QED) is 0.564. The van der Waals surface area contributed by atoms with Gasteiger partial charge in [0.2, 0.25) is 0 Å². The van der Waals surface area contributed by atoms with Gasteiger partial charge in [0.05, 0.1) is 11.3 Å². The number of carbonyl (C=O) groups excluding carboxylic acids is 1. The van der Waals surface area contributed by atoms with Crippen molar-refractivity contribution in [3.63, 3.8) is 0 Å². The molecule has 3 aromatic rings. The molecule has 0 saturated heterocycles. The van der Waals surface area contributed by atoms with Crippen LogP contribution in [0.5, 0.6) is 0 Å². The van der Waals surface area contributed by atoms with Gasteiger partial charge in [-0.15, -0.1) is 0 Å². The van der Waals surface area contributed by atoms with Crippen LogP contribution in [0.4, 0.5) is 21.5 Å². The van der Waals surface area contributed by atoms with Crippen LogP contribution in [0.3, 0.4) is 0 Å². The third-order valence-electron chi connectivity index (χ3n) is 4.49. The summed E-state index contributed by atoms with van der Waals surface area (Å²) < 4.78 is 14.4. The fourth-order valence-corrected chi connectivity index (χ4v) is 3.06. The van der Waals surface area contributed by atoms with Crippen molar-refractivity contribution in [1.82, 2.24) is 4.98 Å². The summed E-state index contributed by atoms with van der Waals surface area (Å²) in [5.74, 6) is -0.539. The fraction of sp³-hybridized carbons (Fsp3) is 0.0909. The lowest BCUT2D eigenvalue weighted by Crippen LogP contribution is -2.07. The molecule has 1 aliphatic rings. The first kappa shape index (κ1) is 17.7. The summed E-state index contributed by atoms with van der Waals surface area (Å²) in [5.41, 5.74) is 4.08. The first-order valence-electron chi connectivity index (χ1n) is 9.01. The van der Waals surface area contributed by atoms with Crippen molar-refractivity contribution in [2.45, 2.75) is 6.42 Å². The van der Waals surface area contributed by atoms with Gasteiger partial charge in [0, 0.05) is 48.0 Å². The van der Waals surface area contributed by atoms with E-state index in [0.717, 1.165) is 16.9 Å². The van der Waals surface area contributed by atoms with Gasteiger partial charge in [0.1, 0.15) is 5.82 Å². The molecule has 0 radical (unpaired) electrons. The minimum atomic E-state index is -0.360. The summed E-state index contributed by atoms with van der Waals surface area (Å²) in [5, 5.41) is 8.90. The first-order valence-corrected chi connectivity index (χ1v) is 9.01. The van der Waals surface area contributed by atoms with E-state index in [2.05, 4.69) is 20.9 Å². The zero-order valence-electron chi connectivity index (χ0n) is 15.1. The molecule has 6 heteroatoms. The molecule has 2 aromatic carbocycles. The number of nitrogens with one attached hydrogen (secondary N) is 3. The Balaban J connectivity index is 1.40. The Bertz CT molecular complexity index is 1030. The van der Waals surface area contributed by atoms with Crippen LogP contribution in [-0.4, -0.2) is 17.4 Å².